The quantitative estimate of drug-likeness (QED) is 0.665. The molecule has 138 valence electrons. The summed E-state index contributed by atoms with van der Waals surface area (Å²) in [7, 11) is 0. The second-order valence-electron chi connectivity index (χ2n) is 6.76. The Bertz CT molecular complexity index is 835. The van der Waals surface area contributed by atoms with Gasteiger partial charge in [0.15, 0.2) is 0 Å². The SMILES string of the molecule is CC(C)(C(CO)Cn1cncn1)C(c1ccc(Cl)cc1Cl)n1cncn1. The minimum Gasteiger partial charge on any atom is -0.396 e. The predicted octanol–water partition coefficient (Wildman–Crippen LogP) is 3.10. The molecule has 7 nitrogen and oxygen atoms in total. The minimum atomic E-state index is -0.439. The Hall–Kier alpha value is -1.96. The largest absolute Gasteiger partial charge is 0.396 e. The molecule has 1 N–H and O–H groups in total. The fourth-order valence-corrected chi connectivity index (χ4v) is 3.77. The zero-order chi connectivity index (χ0) is 18.7. The molecule has 2 heterocycles. The van der Waals surface area contributed by atoms with Gasteiger partial charge in [0.1, 0.15) is 25.3 Å². The third kappa shape index (κ3) is 3.75. The van der Waals surface area contributed by atoms with E-state index < -0.39 is 5.41 Å². The van der Waals surface area contributed by atoms with Crippen LogP contribution in [0.5, 0.6) is 0 Å². The van der Waals surface area contributed by atoms with E-state index in [1.165, 1.54) is 12.7 Å². The summed E-state index contributed by atoms with van der Waals surface area (Å²) in [6, 6.07) is 5.15. The normalized spacial score (nSPS) is 14.3. The number of aliphatic hydroxyl groups excluding tert-OH is 1. The van der Waals surface area contributed by atoms with E-state index in [0.717, 1.165) is 5.56 Å². The lowest BCUT2D eigenvalue weighted by Gasteiger charge is -2.40. The average molecular weight is 395 g/mol. The third-order valence-corrected chi connectivity index (χ3v) is 5.37. The summed E-state index contributed by atoms with van der Waals surface area (Å²) in [5.41, 5.74) is 0.426. The van der Waals surface area contributed by atoms with Gasteiger partial charge in [-0.2, -0.15) is 10.2 Å². The number of hydrogen-bond acceptors (Lipinski definition) is 5. The zero-order valence-electron chi connectivity index (χ0n) is 14.5. The van der Waals surface area contributed by atoms with E-state index in [1.807, 2.05) is 6.07 Å². The van der Waals surface area contributed by atoms with Gasteiger partial charge in [-0.3, -0.25) is 4.68 Å². The first-order valence-corrected chi connectivity index (χ1v) is 8.91. The lowest BCUT2D eigenvalue weighted by atomic mass is 9.70. The summed E-state index contributed by atoms with van der Waals surface area (Å²) < 4.78 is 3.48. The van der Waals surface area contributed by atoms with Crippen LogP contribution in [0.25, 0.3) is 0 Å². The molecule has 0 amide bonds. The summed E-state index contributed by atoms with van der Waals surface area (Å²) in [6.45, 7) is 4.63. The molecular formula is C17H20Cl2N6O. The first kappa shape index (κ1) is 18.8. The van der Waals surface area contributed by atoms with Crippen molar-refractivity contribution in [2.24, 2.45) is 11.3 Å². The van der Waals surface area contributed by atoms with Crippen molar-refractivity contribution in [3.63, 3.8) is 0 Å². The molecule has 1 aromatic carbocycles. The van der Waals surface area contributed by atoms with Crippen molar-refractivity contribution in [2.75, 3.05) is 6.61 Å². The molecule has 0 radical (unpaired) electrons. The maximum atomic E-state index is 10.1. The van der Waals surface area contributed by atoms with E-state index in [2.05, 4.69) is 34.0 Å². The topological polar surface area (TPSA) is 81.6 Å². The summed E-state index contributed by atoms with van der Waals surface area (Å²) in [5.74, 6) is -0.134. The van der Waals surface area contributed by atoms with Gasteiger partial charge in [-0.05, 0) is 23.1 Å². The molecule has 3 aromatic rings. The zero-order valence-corrected chi connectivity index (χ0v) is 16.0. The number of rotatable bonds is 7. The minimum absolute atomic E-state index is 0.0245. The van der Waals surface area contributed by atoms with Gasteiger partial charge >= 0.3 is 0 Å². The number of hydrogen-bond donors (Lipinski definition) is 1. The van der Waals surface area contributed by atoms with Crippen molar-refractivity contribution in [3.05, 3.63) is 59.1 Å². The Labute approximate surface area is 161 Å². The van der Waals surface area contributed by atoms with Gasteiger partial charge in [-0.15, -0.1) is 0 Å². The maximum Gasteiger partial charge on any atom is 0.137 e. The van der Waals surface area contributed by atoms with Gasteiger partial charge < -0.3 is 5.11 Å². The molecule has 0 fully saturated rings. The molecule has 9 heteroatoms. The smallest absolute Gasteiger partial charge is 0.137 e. The Morgan fingerprint density at radius 3 is 2.42 bits per heavy atom. The molecule has 2 aromatic heterocycles. The van der Waals surface area contributed by atoms with Crippen LogP contribution in [0.1, 0.15) is 25.5 Å². The molecule has 2 atom stereocenters. The molecular weight excluding hydrogens is 375 g/mol. The van der Waals surface area contributed by atoms with Crippen LogP contribution in [0.15, 0.2) is 43.5 Å². The van der Waals surface area contributed by atoms with E-state index in [4.69, 9.17) is 23.2 Å². The number of nitrogens with zero attached hydrogens (tertiary/aromatic N) is 6. The van der Waals surface area contributed by atoms with Gasteiger partial charge in [0, 0.05) is 29.1 Å². The second-order valence-corrected chi connectivity index (χ2v) is 7.61. The molecule has 0 aliphatic heterocycles. The average Bonchev–Trinajstić information content (AvgIpc) is 3.28. The predicted molar refractivity (Wildman–Crippen MR) is 99.0 cm³/mol. The third-order valence-electron chi connectivity index (χ3n) is 4.81. The summed E-state index contributed by atoms with van der Waals surface area (Å²) in [6.07, 6.45) is 6.25. The highest BCUT2D eigenvalue weighted by Crippen LogP contribution is 2.45. The van der Waals surface area contributed by atoms with Crippen LogP contribution in [-0.4, -0.2) is 41.2 Å². The molecule has 0 bridgehead atoms. The Balaban J connectivity index is 2.04. The number of benzene rings is 1. The van der Waals surface area contributed by atoms with Crippen LogP contribution in [-0.2, 0) is 6.54 Å². The Kier molecular flexibility index (Phi) is 5.60. The van der Waals surface area contributed by atoms with Crippen molar-refractivity contribution in [1.82, 2.24) is 29.5 Å². The number of aromatic nitrogens is 6. The standard InChI is InChI=1S/C17H20Cl2N6O/c1-17(2,12(7-26)6-24-10-20-8-22-24)16(25-11-21-9-23-25)14-4-3-13(18)5-15(14)19/h3-5,8-12,16,26H,6-7H2,1-2H3. The van der Waals surface area contributed by atoms with Crippen LogP contribution in [0.2, 0.25) is 10.0 Å². The Morgan fingerprint density at radius 2 is 1.85 bits per heavy atom. The number of halogens is 2. The molecule has 0 aliphatic carbocycles. The first-order chi connectivity index (χ1) is 12.4. The van der Waals surface area contributed by atoms with Gasteiger partial charge in [0.05, 0.1) is 6.04 Å². The van der Waals surface area contributed by atoms with Crippen molar-refractivity contribution >= 4 is 23.2 Å². The molecule has 0 saturated heterocycles. The van der Waals surface area contributed by atoms with E-state index in [0.29, 0.717) is 16.6 Å². The summed E-state index contributed by atoms with van der Waals surface area (Å²) in [4.78, 5) is 8.06. The molecule has 0 spiro atoms. The highest BCUT2D eigenvalue weighted by Gasteiger charge is 2.41. The van der Waals surface area contributed by atoms with Crippen LogP contribution in [0.4, 0.5) is 0 Å². The number of aliphatic hydroxyl groups is 1. The molecule has 3 rings (SSSR count). The fraction of sp³-hybridized carbons (Fsp3) is 0.412. The van der Waals surface area contributed by atoms with Crippen LogP contribution >= 0.6 is 23.2 Å². The molecule has 26 heavy (non-hydrogen) atoms. The second kappa shape index (κ2) is 7.73. The molecule has 2 unspecified atom stereocenters. The molecule has 0 saturated carbocycles. The summed E-state index contributed by atoms with van der Waals surface area (Å²) in [5, 5.41) is 19.7. The summed E-state index contributed by atoms with van der Waals surface area (Å²) >= 11 is 12.6. The van der Waals surface area contributed by atoms with Crippen molar-refractivity contribution in [3.8, 4) is 0 Å². The van der Waals surface area contributed by atoms with E-state index in [-0.39, 0.29) is 18.6 Å². The highest BCUT2D eigenvalue weighted by molar-refractivity contribution is 6.35. The van der Waals surface area contributed by atoms with Crippen molar-refractivity contribution in [2.45, 2.75) is 26.4 Å². The van der Waals surface area contributed by atoms with Crippen molar-refractivity contribution in [1.29, 1.82) is 0 Å². The van der Waals surface area contributed by atoms with E-state index >= 15 is 0 Å². The van der Waals surface area contributed by atoms with Gasteiger partial charge in [0.25, 0.3) is 0 Å². The monoisotopic (exact) mass is 394 g/mol. The van der Waals surface area contributed by atoms with Crippen LogP contribution < -0.4 is 0 Å². The van der Waals surface area contributed by atoms with Gasteiger partial charge in [-0.25, -0.2) is 14.6 Å². The van der Waals surface area contributed by atoms with Gasteiger partial charge in [-0.1, -0.05) is 43.1 Å². The fourth-order valence-electron chi connectivity index (χ4n) is 3.26. The molecule has 0 aliphatic rings. The first-order valence-electron chi connectivity index (χ1n) is 8.15. The van der Waals surface area contributed by atoms with E-state index in [1.54, 1.807) is 34.2 Å². The maximum absolute atomic E-state index is 10.1. The van der Waals surface area contributed by atoms with E-state index in [9.17, 15) is 5.11 Å². The van der Waals surface area contributed by atoms with Crippen molar-refractivity contribution < 1.29 is 5.11 Å². The highest BCUT2D eigenvalue weighted by atomic mass is 35.5. The van der Waals surface area contributed by atoms with Crippen LogP contribution in [0, 0.1) is 11.3 Å². The lowest BCUT2D eigenvalue weighted by Crippen LogP contribution is -2.39. The lowest BCUT2D eigenvalue weighted by molar-refractivity contribution is 0.0613. The Morgan fingerprint density at radius 1 is 1.12 bits per heavy atom. The van der Waals surface area contributed by atoms with Gasteiger partial charge in [0.2, 0.25) is 0 Å². The van der Waals surface area contributed by atoms with Crippen LogP contribution in [0.3, 0.4) is 0 Å².